The molecule has 7 nitrogen and oxygen atoms in total. The summed E-state index contributed by atoms with van der Waals surface area (Å²) in [7, 11) is -2.65. The van der Waals surface area contributed by atoms with E-state index in [1.54, 1.807) is 0 Å². The number of carbonyl (C=O) groups excluding carboxylic acids is 1. The molecule has 1 aromatic heterocycles. The third-order valence-corrected chi connectivity index (χ3v) is 3.98. The number of hydrogen-bond donors (Lipinski definition) is 2. The first-order chi connectivity index (χ1) is 9.44. The minimum atomic E-state index is -3.84. The van der Waals surface area contributed by atoms with E-state index in [4.69, 9.17) is 11.6 Å². The number of benzene rings is 1. The summed E-state index contributed by atoms with van der Waals surface area (Å²) in [5.41, 5.74) is 0.0921. The van der Waals surface area contributed by atoms with E-state index in [0.29, 0.717) is 0 Å². The number of hydrogen-bond acceptors (Lipinski definition) is 5. The van der Waals surface area contributed by atoms with Crippen LogP contribution in [0.4, 0.5) is 5.69 Å². The first kappa shape index (κ1) is 14.4. The van der Waals surface area contributed by atoms with Crippen molar-refractivity contribution in [3.05, 3.63) is 41.2 Å². The Morgan fingerprint density at radius 3 is 2.80 bits per heavy atom. The largest absolute Gasteiger partial charge is 0.465 e. The molecule has 0 saturated heterocycles. The number of methoxy groups -OCH3 is 1. The quantitative estimate of drug-likeness (QED) is 0.835. The Morgan fingerprint density at radius 1 is 1.45 bits per heavy atom. The maximum absolute atomic E-state index is 12.1. The van der Waals surface area contributed by atoms with Crippen molar-refractivity contribution in [3.8, 4) is 0 Å². The van der Waals surface area contributed by atoms with E-state index in [1.807, 2.05) is 0 Å². The maximum Gasteiger partial charge on any atom is 0.340 e. The molecule has 1 heterocycles. The fraction of sp³-hybridized carbons (Fsp3) is 0.0909. The molecule has 0 fully saturated rings. The number of esters is 1. The molecule has 0 amide bonds. The SMILES string of the molecule is COC(=O)c1cc(Cl)ccc1NS(=O)(=O)c1cn[nH]c1. The number of aromatic amines is 1. The normalized spacial score (nSPS) is 11.1. The molecule has 0 unspecified atom stereocenters. The van der Waals surface area contributed by atoms with Crippen molar-refractivity contribution in [3.63, 3.8) is 0 Å². The minimum absolute atomic E-state index is 0.0204. The number of anilines is 1. The van der Waals surface area contributed by atoms with E-state index in [9.17, 15) is 13.2 Å². The molecule has 1 aromatic carbocycles. The average molecular weight is 316 g/mol. The molecule has 0 spiro atoms. The smallest absolute Gasteiger partial charge is 0.340 e. The molecule has 2 rings (SSSR count). The van der Waals surface area contributed by atoms with Gasteiger partial charge in [-0.15, -0.1) is 0 Å². The monoisotopic (exact) mass is 315 g/mol. The van der Waals surface area contributed by atoms with Gasteiger partial charge in [-0.25, -0.2) is 13.2 Å². The van der Waals surface area contributed by atoms with Crippen molar-refractivity contribution in [2.45, 2.75) is 4.90 Å². The molecule has 0 aliphatic rings. The minimum Gasteiger partial charge on any atom is -0.465 e. The molecule has 2 N–H and O–H groups in total. The Morgan fingerprint density at radius 2 is 2.20 bits per heavy atom. The molecule has 0 atom stereocenters. The fourth-order valence-electron chi connectivity index (χ4n) is 1.47. The first-order valence-corrected chi connectivity index (χ1v) is 7.19. The molecule has 0 saturated carbocycles. The van der Waals surface area contributed by atoms with Crippen LogP contribution < -0.4 is 4.72 Å². The Kier molecular flexibility index (Phi) is 3.96. The van der Waals surface area contributed by atoms with E-state index >= 15 is 0 Å². The predicted octanol–water partition coefficient (Wildman–Crippen LogP) is 1.65. The average Bonchev–Trinajstić information content (AvgIpc) is 2.94. The summed E-state index contributed by atoms with van der Waals surface area (Å²) in [5.74, 6) is -0.697. The summed E-state index contributed by atoms with van der Waals surface area (Å²) in [4.78, 5) is 11.6. The van der Waals surface area contributed by atoms with Crippen LogP contribution in [0.1, 0.15) is 10.4 Å². The van der Waals surface area contributed by atoms with Crippen LogP contribution >= 0.6 is 11.6 Å². The zero-order valence-electron chi connectivity index (χ0n) is 10.3. The van der Waals surface area contributed by atoms with Crippen molar-refractivity contribution in [1.29, 1.82) is 0 Å². The van der Waals surface area contributed by atoms with Gasteiger partial charge in [-0.1, -0.05) is 11.6 Å². The Bertz CT molecular complexity index is 728. The lowest BCUT2D eigenvalue weighted by Crippen LogP contribution is -2.15. The molecule has 106 valence electrons. The van der Waals surface area contributed by atoms with Crippen molar-refractivity contribution >= 4 is 33.3 Å². The van der Waals surface area contributed by atoms with Gasteiger partial charge in [0.2, 0.25) is 0 Å². The van der Waals surface area contributed by atoms with Gasteiger partial charge in [0.25, 0.3) is 10.0 Å². The summed E-state index contributed by atoms with van der Waals surface area (Å²) in [6.45, 7) is 0. The lowest BCUT2D eigenvalue weighted by atomic mass is 10.2. The van der Waals surface area contributed by atoms with E-state index in [2.05, 4.69) is 19.7 Å². The van der Waals surface area contributed by atoms with Crippen LogP contribution in [0.25, 0.3) is 0 Å². The highest BCUT2D eigenvalue weighted by molar-refractivity contribution is 7.92. The number of nitrogens with zero attached hydrogens (tertiary/aromatic N) is 1. The Labute approximate surface area is 120 Å². The summed E-state index contributed by atoms with van der Waals surface area (Å²) in [6, 6.07) is 4.16. The molecular weight excluding hydrogens is 306 g/mol. The van der Waals surface area contributed by atoms with E-state index in [0.717, 1.165) is 6.20 Å². The second-order valence-electron chi connectivity index (χ2n) is 3.72. The highest BCUT2D eigenvalue weighted by atomic mass is 35.5. The highest BCUT2D eigenvalue weighted by Gasteiger charge is 2.20. The van der Waals surface area contributed by atoms with Crippen LogP contribution in [0, 0.1) is 0 Å². The molecule has 0 aliphatic carbocycles. The van der Waals surface area contributed by atoms with Gasteiger partial charge in [-0.2, -0.15) is 5.10 Å². The zero-order chi connectivity index (χ0) is 14.8. The van der Waals surface area contributed by atoms with Crippen molar-refractivity contribution in [2.24, 2.45) is 0 Å². The van der Waals surface area contributed by atoms with Gasteiger partial charge in [0, 0.05) is 11.2 Å². The first-order valence-electron chi connectivity index (χ1n) is 5.33. The molecule has 20 heavy (non-hydrogen) atoms. The van der Waals surface area contributed by atoms with E-state index in [-0.39, 0.29) is 21.2 Å². The zero-order valence-corrected chi connectivity index (χ0v) is 11.8. The van der Waals surface area contributed by atoms with Crippen LogP contribution in [0.2, 0.25) is 5.02 Å². The van der Waals surface area contributed by atoms with Gasteiger partial charge in [0.1, 0.15) is 4.90 Å². The van der Waals surface area contributed by atoms with Crippen LogP contribution in [0.3, 0.4) is 0 Å². The summed E-state index contributed by atoms with van der Waals surface area (Å²) >= 11 is 5.79. The number of carbonyl (C=O) groups is 1. The van der Waals surface area contributed by atoms with E-state index in [1.165, 1.54) is 31.5 Å². The summed E-state index contributed by atoms with van der Waals surface area (Å²) < 4.78 is 31.0. The molecule has 9 heteroatoms. The standard InChI is InChI=1S/C11H10ClN3O4S/c1-19-11(16)9-4-7(12)2-3-10(9)15-20(17,18)8-5-13-14-6-8/h2-6,15H,1H3,(H,13,14). The third-order valence-electron chi connectivity index (χ3n) is 2.41. The van der Waals surface area contributed by atoms with Crippen LogP contribution in [0.5, 0.6) is 0 Å². The van der Waals surface area contributed by atoms with Crippen molar-refractivity contribution in [2.75, 3.05) is 11.8 Å². The fourth-order valence-corrected chi connectivity index (χ4v) is 2.63. The third kappa shape index (κ3) is 2.91. The van der Waals surface area contributed by atoms with Gasteiger partial charge in [-0.05, 0) is 18.2 Å². The number of H-pyrrole nitrogens is 1. The number of nitrogens with one attached hydrogen (secondary N) is 2. The van der Waals surface area contributed by atoms with Gasteiger partial charge in [0.15, 0.2) is 0 Å². The Hall–Kier alpha value is -2.06. The second-order valence-corrected chi connectivity index (χ2v) is 5.84. The number of rotatable bonds is 4. The van der Waals surface area contributed by atoms with Gasteiger partial charge in [-0.3, -0.25) is 9.82 Å². The van der Waals surface area contributed by atoms with Gasteiger partial charge < -0.3 is 4.74 Å². The number of halogens is 1. The molecule has 0 radical (unpaired) electrons. The predicted molar refractivity (Wildman–Crippen MR) is 72.2 cm³/mol. The lowest BCUT2D eigenvalue weighted by molar-refractivity contribution is 0.0602. The molecule has 0 bridgehead atoms. The Balaban J connectivity index is 2.42. The second kappa shape index (κ2) is 5.51. The summed E-state index contributed by atoms with van der Waals surface area (Å²) in [5, 5.41) is 6.25. The van der Waals surface area contributed by atoms with Crippen LogP contribution in [0.15, 0.2) is 35.5 Å². The molecule has 0 aliphatic heterocycles. The highest BCUT2D eigenvalue weighted by Crippen LogP contribution is 2.24. The van der Waals surface area contributed by atoms with E-state index < -0.39 is 16.0 Å². The van der Waals surface area contributed by atoms with Crippen molar-refractivity contribution in [1.82, 2.24) is 10.2 Å². The van der Waals surface area contributed by atoms with Crippen LogP contribution in [-0.4, -0.2) is 31.7 Å². The lowest BCUT2D eigenvalue weighted by Gasteiger charge is -2.10. The number of aromatic nitrogens is 2. The summed E-state index contributed by atoms with van der Waals surface area (Å²) in [6.07, 6.45) is 2.37. The topological polar surface area (TPSA) is 101 Å². The van der Waals surface area contributed by atoms with Crippen molar-refractivity contribution < 1.29 is 17.9 Å². The maximum atomic E-state index is 12.1. The van der Waals surface area contributed by atoms with Gasteiger partial charge in [0.05, 0.1) is 24.6 Å². The number of sulfonamides is 1. The van der Waals surface area contributed by atoms with Crippen LogP contribution in [-0.2, 0) is 14.8 Å². The number of ether oxygens (including phenoxy) is 1. The molecule has 2 aromatic rings. The van der Waals surface area contributed by atoms with Gasteiger partial charge >= 0.3 is 5.97 Å². The molecular formula is C11H10ClN3O4S.